The highest BCUT2D eigenvalue weighted by Gasteiger charge is 2.16. The first-order valence-corrected chi connectivity index (χ1v) is 11.4. The number of unbranched alkanes of at least 4 members (excludes halogenated alkanes) is 1. The van der Waals surface area contributed by atoms with Gasteiger partial charge in [0.1, 0.15) is 0 Å². The number of hydrogen-bond acceptors (Lipinski definition) is 4. The highest BCUT2D eigenvalue weighted by atomic mass is 32.1. The smallest absolute Gasteiger partial charge is 0.321 e. The molecule has 3 N–H and O–H groups in total. The van der Waals surface area contributed by atoms with E-state index in [0.29, 0.717) is 10.8 Å². The minimum atomic E-state index is -0.217. The molecule has 1 aliphatic rings. The first-order chi connectivity index (χ1) is 14.1. The van der Waals surface area contributed by atoms with E-state index in [9.17, 15) is 9.59 Å². The van der Waals surface area contributed by atoms with Gasteiger partial charge < -0.3 is 10.6 Å². The van der Waals surface area contributed by atoms with Gasteiger partial charge in [-0.3, -0.25) is 10.1 Å². The van der Waals surface area contributed by atoms with Crippen molar-refractivity contribution in [2.45, 2.75) is 70.8 Å². The molecule has 0 radical (unpaired) electrons. The number of thiazole rings is 1. The molecule has 0 aliphatic heterocycles. The molecule has 1 aliphatic carbocycles. The van der Waals surface area contributed by atoms with E-state index in [-0.39, 0.29) is 24.4 Å². The van der Waals surface area contributed by atoms with Gasteiger partial charge in [0.2, 0.25) is 5.91 Å². The number of carbonyl (C=O) groups is 2. The lowest BCUT2D eigenvalue weighted by atomic mass is 9.96. The zero-order chi connectivity index (χ0) is 20.5. The number of hydrogen-bond donors (Lipinski definition) is 3. The molecule has 1 fully saturated rings. The Bertz CT molecular complexity index is 797. The molecule has 0 atom stereocenters. The number of aryl methyl sites for hydroxylation is 1. The first-order valence-electron chi connectivity index (χ1n) is 10.5. The summed E-state index contributed by atoms with van der Waals surface area (Å²) >= 11 is 1.33. The maximum atomic E-state index is 12.3. The Labute approximate surface area is 176 Å². The molecule has 6 nitrogen and oxygen atoms in total. The number of carbonyl (C=O) groups excluding carboxylic acids is 2. The van der Waals surface area contributed by atoms with Crippen molar-refractivity contribution in [1.82, 2.24) is 10.3 Å². The van der Waals surface area contributed by atoms with Gasteiger partial charge in [-0.1, -0.05) is 44.7 Å². The minimum Gasteiger partial charge on any atom is -0.335 e. The quantitative estimate of drug-likeness (QED) is 0.560. The Balaban J connectivity index is 1.44. The molecule has 0 unspecified atom stereocenters. The molecule has 0 spiro atoms. The molecule has 3 amide bonds. The standard InChI is InChI=1S/C22H30N4O2S/c1-2-3-7-16-10-12-18(13-11-16)23-20(27)14-19-15-29-22(25-19)26-21(28)24-17-8-5-4-6-9-17/h10-13,15,17H,2-9,14H2,1H3,(H,23,27)(H2,24,25,26,28). The molecule has 156 valence electrons. The summed E-state index contributed by atoms with van der Waals surface area (Å²) in [6, 6.07) is 8.02. The number of urea groups is 1. The first kappa shape index (κ1) is 21.3. The van der Waals surface area contributed by atoms with Gasteiger partial charge in [0.25, 0.3) is 0 Å². The third-order valence-electron chi connectivity index (χ3n) is 5.11. The highest BCUT2D eigenvalue weighted by Crippen LogP contribution is 2.19. The third kappa shape index (κ3) is 7.16. The van der Waals surface area contributed by atoms with Gasteiger partial charge in [0.15, 0.2) is 5.13 Å². The zero-order valence-electron chi connectivity index (χ0n) is 17.0. The summed E-state index contributed by atoms with van der Waals surface area (Å²) in [4.78, 5) is 28.8. The Kier molecular flexibility index (Phi) is 8.04. The Morgan fingerprint density at radius 2 is 1.86 bits per heavy atom. The number of amides is 3. The van der Waals surface area contributed by atoms with E-state index in [0.717, 1.165) is 24.9 Å². The van der Waals surface area contributed by atoms with Gasteiger partial charge in [0, 0.05) is 17.1 Å². The molecule has 1 aromatic heterocycles. The van der Waals surface area contributed by atoms with Crippen molar-refractivity contribution in [3.63, 3.8) is 0 Å². The van der Waals surface area contributed by atoms with Crippen LogP contribution >= 0.6 is 11.3 Å². The third-order valence-corrected chi connectivity index (χ3v) is 5.92. The second kappa shape index (κ2) is 11.0. The topological polar surface area (TPSA) is 83.1 Å². The summed E-state index contributed by atoms with van der Waals surface area (Å²) in [6.07, 6.45) is 9.25. The number of nitrogens with one attached hydrogen (secondary N) is 3. The average Bonchev–Trinajstić information content (AvgIpc) is 3.14. The van der Waals surface area contributed by atoms with Crippen molar-refractivity contribution in [1.29, 1.82) is 0 Å². The van der Waals surface area contributed by atoms with Gasteiger partial charge in [0.05, 0.1) is 12.1 Å². The lowest BCUT2D eigenvalue weighted by Gasteiger charge is -2.22. The summed E-state index contributed by atoms with van der Waals surface area (Å²) in [6.45, 7) is 2.18. The van der Waals surface area contributed by atoms with E-state index in [1.807, 2.05) is 17.5 Å². The second-order valence-electron chi connectivity index (χ2n) is 7.60. The Morgan fingerprint density at radius 3 is 2.59 bits per heavy atom. The number of nitrogens with zero attached hydrogens (tertiary/aromatic N) is 1. The van der Waals surface area contributed by atoms with E-state index in [1.165, 1.54) is 49.0 Å². The second-order valence-corrected chi connectivity index (χ2v) is 8.46. The molecule has 1 heterocycles. The van der Waals surface area contributed by atoms with Gasteiger partial charge in [-0.25, -0.2) is 9.78 Å². The van der Waals surface area contributed by atoms with Crippen LogP contribution in [-0.4, -0.2) is 23.0 Å². The fourth-order valence-corrected chi connectivity index (χ4v) is 4.22. The van der Waals surface area contributed by atoms with Crippen LogP contribution in [0.3, 0.4) is 0 Å². The van der Waals surface area contributed by atoms with Crippen LogP contribution < -0.4 is 16.0 Å². The molecule has 1 saturated carbocycles. The molecule has 2 aromatic rings. The zero-order valence-corrected chi connectivity index (χ0v) is 17.8. The highest BCUT2D eigenvalue weighted by molar-refractivity contribution is 7.13. The van der Waals surface area contributed by atoms with Crippen LogP contribution in [0.5, 0.6) is 0 Å². The predicted octanol–water partition coefficient (Wildman–Crippen LogP) is 5.12. The van der Waals surface area contributed by atoms with Crippen LogP contribution in [0.4, 0.5) is 15.6 Å². The monoisotopic (exact) mass is 414 g/mol. The molecule has 0 bridgehead atoms. The summed E-state index contributed by atoms with van der Waals surface area (Å²) in [7, 11) is 0. The normalized spacial score (nSPS) is 14.4. The number of rotatable bonds is 8. The Morgan fingerprint density at radius 1 is 1.10 bits per heavy atom. The van der Waals surface area contributed by atoms with Crippen molar-refractivity contribution in [2.75, 3.05) is 10.6 Å². The van der Waals surface area contributed by atoms with E-state index < -0.39 is 0 Å². The van der Waals surface area contributed by atoms with Crippen molar-refractivity contribution >= 4 is 34.1 Å². The lowest BCUT2D eigenvalue weighted by Crippen LogP contribution is -2.39. The Hall–Kier alpha value is -2.41. The fourth-order valence-electron chi connectivity index (χ4n) is 3.52. The summed E-state index contributed by atoms with van der Waals surface area (Å²) in [5, 5.41) is 11.0. The van der Waals surface area contributed by atoms with E-state index in [4.69, 9.17) is 0 Å². The lowest BCUT2D eigenvalue weighted by molar-refractivity contribution is -0.115. The van der Waals surface area contributed by atoms with E-state index in [1.54, 1.807) is 0 Å². The van der Waals surface area contributed by atoms with Crippen molar-refractivity contribution in [3.8, 4) is 0 Å². The number of anilines is 2. The molecule has 0 saturated heterocycles. The van der Waals surface area contributed by atoms with Crippen LogP contribution in [0.15, 0.2) is 29.6 Å². The van der Waals surface area contributed by atoms with Crippen LogP contribution in [0, 0.1) is 0 Å². The average molecular weight is 415 g/mol. The maximum Gasteiger partial charge on any atom is 0.321 e. The van der Waals surface area contributed by atoms with Gasteiger partial charge >= 0.3 is 6.03 Å². The molecule has 3 rings (SSSR count). The largest absolute Gasteiger partial charge is 0.335 e. The fraction of sp³-hybridized carbons (Fsp3) is 0.500. The van der Waals surface area contributed by atoms with Gasteiger partial charge in [-0.2, -0.15) is 0 Å². The summed E-state index contributed by atoms with van der Waals surface area (Å²) in [5.41, 5.74) is 2.72. The van der Waals surface area contributed by atoms with Crippen LogP contribution in [-0.2, 0) is 17.6 Å². The number of aromatic nitrogens is 1. The predicted molar refractivity (Wildman–Crippen MR) is 119 cm³/mol. The van der Waals surface area contributed by atoms with Crippen LogP contribution in [0.25, 0.3) is 0 Å². The SMILES string of the molecule is CCCCc1ccc(NC(=O)Cc2csc(NC(=O)NC3CCCCC3)n2)cc1. The minimum absolute atomic E-state index is 0.116. The summed E-state index contributed by atoms with van der Waals surface area (Å²) in [5.74, 6) is -0.116. The maximum absolute atomic E-state index is 12.3. The van der Waals surface area contributed by atoms with Crippen molar-refractivity contribution in [3.05, 3.63) is 40.9 Å². The van der Waals surface area contributed by atoms with E-state index >= 15 is 0 Å². The molecule has 29 heavy (non-hydrogen) atoms. The van der Waals surface area contributed by atoms with E-state index in [2.05, 4.69) is 40.0 Å². The summed E-state index contributed by atoms with van der Waals surface area (Å²) < 4.78 is 0. The number of benzene rings is 1. The molecule has 7 heteroatoms. The van der Waals surface area contributed by atoms with Crippen LogP contribution in [0.2, 0.25) is 0 Å². The van der Waals surface area contributed by atoms with Gasteiger partial charge in [-0.05, 0) is 43.4 Å². The molecular formula is C22H30N4O2S. The van der Waals surface area contributed by atoms with Gasteiger partial charge in [-0.15, -0.1) is 11.3 Å². The van der Waals surface area contributed by atoms with Crippen molar-refractivity contribution in [2.24, 2.45) is 0 Å². The van der Waals surface area contributed by atoms with Crippen LogP contribution in [0.1, 0.15) is 63.1 Å². The van der Waals surface area contributed by atoms with Crippen molar-refractivity contribution < 1.29 is 9.59 Å². The molecular weight excluding hydrogens is 384 g/mol. The molecule has 1 aromatic carbocycles.